The van der Waals surface area contributed by atoms with Crippen molar-refractivity contribution in [2.45, 2.75) is 19.0 Å². The third kappa shape index (κ3) is 3.53. The monoisotopic (exact) mass is 476 g/mol. The Bertz CT molecular complexity index is 1260. The highest BCUT2D eigenvalue weighted by Gasteiger charge is 2.51. The number of rotatable bonds is 4. The molecule has 2 aliphatic rings. The number of hydrogen-bond donors (Lipinski definition) is 1. The number of anilines is 1. The fourth-order valence-electron chi connectivity index (χ4n) is 4.70. The average molecular weight is 477 g/mol. The van der Waals surface area contributed by atoms with Gasteiger partial charge in [0, 0.05) is 22.7 Å². The summed E-state index contributed by atoms with van der Waals surface area (Å²) in [4.78, 5) is 15.1. The maximum atomic E-state index is 13.0. The summed E-state index contributed by atoms with van der Waals surface area (Å²) >= 11 is 6.16. The van der Waals surface area contributed by atoms with Crippen molar-refractivity contribution in [2.24, 2.45) is 5.10 Å². The van der Waals surface area contributed by atoms with Crippen LogP contribution in [0.4, 0.5) is 5.69 Å². The SMILES string of the molecule is COc1cc2c(cc1OC)[C@@]1(C)N(CC2)C(NC(=O)c2ccccc2)=NN1c1ccc(Cl)cc1. The molecule has 7 nitrogen and oxygen atoms in total. The fraction of sp³-hybridized carbons (Fsp3) is 0.231. The average Bonchev–Trinajstić information content (AvgIpc) is 3.16. The Morgan fingerprint density at radius 1 is 1.03 bits per heavy atom. The van der Waals surface area contributed by atoms with E-state index >= 15 is 0 Å². The van der Waals surface area contributed by atoms with Gasteiger partial charge in [0.15, 0.2) is 17.2 Å². The number of carbonyl (C=O) groups excluding carboxylic acids is 1. The molecule has 0 aliphatic carbocycles. The molecule has 8 heteroatoms. The lowest BCUT2D eigenvalue weighted by Gasteiger charge is -2.46. The molecule has 1 N–H and O–H groups in total. The summed E-state index contributed by atoms with van der Waals surface area (Å²) in [6.45, 7) is 2.76. The number of hydrazone groups is 1. The highest BCUT2D eigenvalue weighted by atomic mass is 35.5. The smallest absolute Gasteiger partial charge is 0.258 e. The number of ether oxygens (including phenoxy) is 2. The molecule has 34 heavy (non-hydrogen) atoms. The fourth-order valence-corrected chi connectivity index (χ4v) is 4.82. The predicted octanol–water partition coefficient (Wildman–Crippen LogP) is 4.61. The number of nitrogens with zero attached hydrogens (tertiary/aromatic N) is 3. The van der Waals surface area contributed by atoms with Gasteiger partial charge in [-0.25, -0.2) is 5.01 Å². The van der Waals surface area contributed by atoms with E-state index in [4.69, 9.17) is 26.2 Å². The minimum absolute atomic E-state index is 0.210. The highest BCUT2D eigenvalue weighted by Crippen LogP contribution is 2.47. The Kier molecular flexibility index (Phi) is 5.57. The van der Waals surface area contributed by atoms with E-state index < -0.39 is 5.66 Å². The van der Waals surface area contributed by atoms with Crippen molar-refractivity contribution in [2.75, 3.05) is 25.8 Å². The maximum Gasteiger partial charge on any atom is 0.258 e. The molecular formula is C26H25ClN4O3. The molecule has 0 saturated carbocycles. The summed E-state index contributed by atoms with van der Waals surface area (Å²) < 4.78 is 11.2. The molecule has 2 heterocycles. The first-order chi connectivity index (χ1) is 16.5. The largest absolute Gasteiger partial charge is 0.493 e. The molecule has 1 amide bonds. The van der Waals surface area contributed by atoms with Crippen molar-refractivity contribution in [3.05, 3.63) is 88.4 Å². The summed E-state index contributed by atoms with van der Waals surface area (Å²) in [5.41, 5.74) is 2.88. The number of carbonyl (C=O) groups is 1. The quantitative estimate of drug-likeness (QED) is 0.595. The number of amides is 1. The van der Waals surface area contributed by atoms with Gasteiger partial charge >= 0.3 is 0 Å². The van der Waals surface area contributed by atoms with Crippen LogP contribution < -0.4 is 19.8 Å². The molecule has 3 aromatic rings. The molecule has 0 radical (unpaired) electrons. The molecule has 3 aromatic carbocycles. The van der Waals surface area contributed by atoms with Crippen LogP contribution in [0.25, 0.3) is 0 Å². The number of fused-ring (bicyclic) bond motifs is 3. The van der Waals surface area contributed by atoms with Gasteiger partial charge in [0.25, 0.3) is 5.91 Å². The third-order valence-corrected chi connectivity index (χ3v) is 6.70. The van der Waals surface area contributed by atoms with E-state index in [1.165, 1.54) is 0 Å². The number of methoxy groups -OCH3 is 2. The normalized spacial score (nSPS) is 18.6. The zero-order chi connectivity index (χ0) is 23.9. The Hall–Kier alpha value is -3.71. The zero-order valence-electron chi connectivity index (χ0n) is 19.2. The Morgan fingerprint density at radius 3 is 2.38 bits per heavy atom. The molecule has 0 bridgehead atoms. The first kappa shape index (κ1) is 22.1. The lowest BCUT2D eigenvalue weighted by Crippen LogP contribution is -2.57. The summed E-state index contributed by atoms with van der Waals surface area (Å²) in [7, 11) is 3.26. The van der Waals surface area contributed by atoms with Crippen LogP contribution >= 0.6 is 11.6 Å². The van der Waals surface area contributed by atoms with Crippen LogP contribution in [0, 0.1) is 0 Å². The van der Waals surface area contributed by atoms with Gasteiger partial charge in [-0.15, -0.1) is 5.10 Å². The lowest BCUT2D eigenvalue weighted by molar-refractivity contribution is 0.0967. The molecule has 0 unspecified atom stereocenters. The number of halogens is 1. The first-order valence-electron chi connectivity index (χ1n) is 11.0. The van der Waals surface area contributed by atoms with Gasteiger partial charge in [-0.2, -0.15) is 0 Å². The molecule has 0 fully saturated rings. The van der Waals surface area contributed by atoms with Crippen molar-refractivity contribution in [3.8, 4) is 11.5 Å². The van der Waals surface area contributed by atoms with Crippen LogP contribution in [0.1, 0.15) is 28.4 Å². The van der Waals surface area contributed by atoms with E-state index in [1.807, 2.05) is 59.6 Å². The standard InChI is InChI=1S/C26H25ClN4O3/c1-26-21-16-23(34-3)22(33-2)15-18(21)13-14-30(26)25(28-24(32)17-7-5-4-6-8-17)29-31(26)20-11-9-19(27)10-12-20/h4-12,15-16H,13-14H2,1-3H3,(H,28,29,32)/t26-/m0/s1. The second-order valence-corrected chi connectivity index (χ2v) is 8.76. The van der Waals surface area contributed by atoms with Crippen molar-refractivity contribution in [1.82, 2.24) is 10.2 Å². The van der Waals surface area contributed by atoms with E-state index in [2.05, 4.69) is 17.1 Å². The van der Waals surface area contributed by atoms with Gasteiger partial charge in [0.05, 0.1) is 19.9 Å². The van der Waals surface area contributed by atoms with E-state index in [0.29, 0.717) is 34.6 Å². The number of nitrogens with one attached hydrogen (secondary N) is 1. The van der Waals surface area contributed by atoms with Crippen molar-refractivity contribution in [3.63, 3.8) is 0 Å². The summed E-state index contributed by atoms with van der Waals surface area (Å²) in [6, 6.07) is 20.7. The van der Waals surface area contributed by atoms with Gasteiger partial charge in [0.1, 0.15) is 0 Å². The Morgan fingerprint density at radius 2 is 1.71 bits per heavy atom. The second kappa shape index (κ2) is 8.57. The number of benzene rings is 3. The number of hydrogen-bond acceptors (Lipinski definition) is 6. The maximum absolute atomic E-state index is 13.0. The van der Waals surface area contributed by atoms with Crippen LogP contribution in [-0.2, 0) is 12.1 Å². The molecule has 5 rings (SSSR count). The minimum atomic E-state index is -0.708. The van der Waals surface area contributed by atoms with Gasteiger partial charge < -0.3 is 14.4 Å². The van der Waals surface area contributed by atoms with Crippen LogP contribution in [0.2, 0.25) is 5.02 Å². The van der Waals surface area contributed by atoms with E-state index in [0.717, 1.165) is 23.2 Å². The Labute approximate surface area is 203 Å². The summed E-state index contributed by atoms with van der Waals surface area (Å²) in [5, 5.41) is 10.5. The van der Waals surface area contributed by atoms with Gasteiger partial charge in [-0.05, 0) is 67.4 Å². The van der Waals surface area contributed by atoms with Gasteiger partial charge in [-0.1, -0.05) is 29.8 Å². The summed E-state index contributed by atoms with van der Waals surface area (Å²) in [6.07, 6.45) is 0.764. The molecule has 1 atom stereocenters. The first-order valence-corrected chi connectivity index (χ1v) is 11.4. The number of guanidine groups is 1. The molecular weight excluding hydrogens is 452 g/mol. The second-order valence-electron chi connectivity index (χ2n) is 8.32. The third-order valence-electron chi connectivity index (χ3n) is 6.45. The summed E-state index contributed by atoms with van der Waals surface area (Å²) in [5.74, 6) is 1.61. The van der Waals surface area contributed by atoms with Crippen molar-refractivity contribution in [1.29, 1.82) is 0 Å². The molecule has 174 valence electrons. The van der Waals surface area contributed by atoms with E-state index in [1.54, 1.807) is 26.4 Å². The predicted molar refractivity (Wildman–Crippen MR) is 133 cm³/mol. The lowest BCUT2D eigenvalue weighted by atomic mass is 9.87. The van der Waals surface area contributed by atoms with Crippen LogP contribution in [0.3, 0.4) is 0 Å². The highest BCUT2D eigenvalue weighted by molar-refractivity contribution is 6.30. The van der Waals surface area contributed by atoms with Crippen molar-refractivity contribution >= 4 is 29.2 Å². The van der Waals surface area contributed by atoms with Gasteiger partial charge in [0.2, 0.25) is 5.96 Å². The molecule has 0 aromatic heterocycles. The van der Waals surface area contributed by atoms with E-state index in [-0.39, 0.29) is 5.91 Å². The van der Waals surface area contributed by atoms with Gasteiger partial charge in [-0.3, -0.25) is 10.1 Å². The molecule has 0 saturated heterocycles. The topological polar surface area (TPSA) is 66.4 Å². The Balaban J connectivity index is 1.61. The minimum Gasteiger partial charge on any atom is -0.493 e. The molecule has 2 aliphatic heterocycles. The van der Waals surface area contributed by atoms with Crippen LogP contribution in [0.5, 0.6) is 11.5 Å². The van der Waals surface area contributed by atoms with Crippen LogP contribution in [-0.4, -0.2) is 37.5 Å². The molecule has 0 spiro atoms. The van der Waals surface area contributed by atoms with Crippen LogP contribution in [0.15, 0.2) is 71.8 Å². The van der Waals surface area contributed by atoms with E-state index in [9.17, 15) is 4.79 Å². The zero-order valence-corrected chi connectivity index (χ0v) is 20.0. The van der Waals surface area contributed by atoms with Crippen molar-refractivity contribution < 1.29 is 14.3 Å².